The van der Waals surface area contributed by atoms with Gasteiger partial charge in [0, 0.05) is 42.8 Å². The molecule has 2 aromatic rings. The Morgan fingerprint density at radius 1 is 0.900 bits per heavy atom. The van der Waals surface area contributed by atoms with Crippen molar-refractivity contribution in [1.82, 2.24) is 20.1 Å². The van der Waals surface area contributed by atoms with E-state index >= 15 is 0 Å². The average Bonchev–Trinajstić information content (AvgIpc) is 3.24. The predicted octanol–water partition coefficient (Wildman–Crippen LogP) is 2.29. The minimum absolute atomic E-state index is 0.0102. The lowest BCUT2D eigenvalue weighted by molar-refractivity contribution is -0.136. The highest BCUT2D eigenvalue weighted by Gasteiger charge is 2.38. The van der Waals surface area contributed by atoms with Crippen molar-refractivity contribution >= 4 is 39.1 Å². The molecule has 0 aromatic heterocycles. The molecule has 7 nitrogen and oxygen atoms in total. The van der Waals surface area contributed by atoms with Crippen LogP contribution < -0.4 is 10.9 Å². The zero-order valence-corrected chi connectivity index (χ0v) is 18.4. The van der Waals surface area contributed by atoms with Crippen LogP contribution in [0.3, 0.4) is 0 Å². The maximum Gasteiger partial charge on any atom is 0.243 e. The van der Waals surface area contributed by atoms with Crippen LogP contribution in [0.15, 0.2) is 53.4 Å². The molecule has 1 amide bonds. The van der Waals surface area contributed by atoms with Gasteiger partial charge in [0.15, 0.2) is 0 Å². The van der Waals surface area contributed by atoms with Crippen molar-refractivity contribution in [3.05, 3.63) is 64.1 Å². The molecular formula is C20H22Cl2N4O3S. The van der Waals surface area contributed by atoms with Crippen LogP contribution in [0.25, 0.3) is 0 Å². The fourth-order valence-corrected chi connectivity index (χ4v) is 5.53. The first-order chi connectivity index (χ1) is 14.4. The first-order valence-electron chi connectivity index (χ1n) is 9.64. The highest BCUT2D eigenvalue weighted by Crippen LogP contribution is 2.28. The topological polar surface area (TPSA) is 81.8 Å². The van der Waals surface area contributed by atoms with Crippen LogP contribution in [0.2, 0.25) is 10.0 Å². The van der Waals surface area contributed by atoms with Crippen molar-refractivity contribution in [2.75, 3.05) is 32.7 Å². The lowest BCUT2D eigenvalue weighted by Crippen LogP contribution is -2.52. The molecule has 2 saturated heterocycles. The van der Waals surface area contributed by atoms with E-state index in [2.05, 4.69) is 10.9 Å². The number of rotatable bonds is 4. The van der Waals surface area contributed by atoms with Crippen LogP contribution in [0.4, 0.5) is 0 Å². The Labute approximate surface area is 186 Å². The number of carbonyl (C=O) groups is 1. The molecule has 10 heteroatoms. The van der Waals surface area contributed by atoms with Gasteiger partial charge in [-0.15, -0.1) is 0 Å². The van der Waals surface area contributed by atoms with Gasteiger partial charge in [-0.1, -0.05) is 35.3 Å². The number of benzene rings is 2. The van der Waals surface area contributed by atoms with E-state index < -0.39 is 10.0 Å². The smallest absolute Gasteiger partial charge is 0.243 e. The van der Waals surface area contributed by atoms with Crippen LogP contribution in [0.5, 0.6) is 0 Å². The summed E-state index contributed by atoms with van der Waals surface area (Å²) in [6.45, 7) is 1.74. The first kappa shape index (κ1) is 21.5. The Kier molecular flexibility index (Phi) is 6.34. The summed E-state index contributed by atoms with van der Waals surface area (Å²) in [4.78, 5) is 15.1. The van der Waals surface area contributed by atoms with Crippen LogP contribution in [-0.2, 0) is 14.8 Å². The second-order valence-corrected chi connectivity index (χ2v) is 10.2. The highest BCUT2D eigenvalue weighted by molar-refractivity contribution is 7.89. The van der Waals surface area contributed by atoms with Gasteiger partial charge in [0.05, 0.1) is 16.9 Å². The van der Waals surface area contributed by atoms with Gasteiger partial charge in [0.1, 0.15) is 0 Å². The summed E-state index contributed by atoms with van der Waals surface area (Å²) in [5, 5.41) is 1.13. The normalized spacial score (nSPS) is 22.9. The zero-order chi connectivity index (χ0) is 21.3. The molecule has 2 atom stereocenters. The number of hydrogen-bond donors (Lipinski definition) is 2. The third-order valence-corrected chi connectivity index (χ3v) is 7.95. The maximum absolute atomic E-state index is 13.2. The van der Waals surface area contributed by atoms with E-state index in [9.17, 15) is 13.2 Å². The molecule has 4 rings (SSSR count). The Balaban J connectivity index is 1.41. The van der Waals surface area contributed by atoms with E-state index in [-0.39, 0.29) is 35.9 Å². The largest absolute Gasteiger partial charge is 0.340 e. The van der Waals surface area contributed by atoms with Gasteiger partial charge in [-0.3, -0.25) is 10.2 Å². The van der Waals surface area contributed by atoms with E-state index in [1.165, 1.54) is 16.4 Å². The molecule has 0 spiro atoms. The molecule has 2 aromatic carbocycles. The molecule has 2 heterocycles. The minimum Gasteiger partial charge on any atom is -0.340 e. The maximum atomic E-state index is 13.2. The summed E-state index contributed by atoms with van der Waals surface area (Å²) in [6, 6.07) is 13.4. The van der Waals surface area contributed by atoms with Crippen LogP contribution in [0.1, 0.15) is 11.6 Å². The third kappa shape index (κ3) is 4.34. The van der Waals surface area contributed by atoms with Crippen LogP contribution in [0, 0.1) is 5.92 Å². The monoisotopic (exact) mass is 468 g/mol. The number of nitrogens with one attached hydrogen (secondary N) is 2. The predicted molar refractivity (Wildman–Crippen MR) is 116 cm³/mol. The van der Waals surface area contributed by atoms with Crippen molar-refractivity contribution in [1.29, 1.82) is 0 Å². The second-order valence-electron chi connectivity index (χ2n) is 7.34. The number of nitrogens with zero attached hydrogens (tertiary/aromatic N) is 2. The summed E-state index contributed by atoms with van der Waals surface area (Å²) in [6.07, 6.45) is 0. The van der Waals surface area contributed by atoms with Crippen molar-refractivity contribution in [3.8, 4) is 0 Å². The van der Waals surface area contributed by atoms with Gasteiger partial charge in [-0.05, 0) is 42.0 Å². The van der Waals surface area contributed by atoms with E-state index in [4.69, 9.17) is 23.2 Å². The number of hydrazine groups is 1. The van der Waals surface area contributed by atoms with E-state index in [0.717, 1.165) is 5.56 Å². The van der Waals surface area contributed by atoms with Crippen molar-refractivity contribution < 1.29 is 13.2 Å². The SMILES string of the molecule is O=C(C1CNNC1c1ccc(Cl)cc1)N1CCN(S(=O)(=O)c2ccc(Cl)cc2)CC1. The summed E-state index contributed by atoms with van der Waals surface area (Å²) in [5.74, 6) is -0.262. The van der Waals surface area contributed by atoms with E-state index in [1.54, 1.807) is 29.2 Å². The Morgan fingerprint density at radius 3 is 2.07 bits per heavy atom. The van der Waals surface area contributed by atoms with E-state index in [0.29, 0.717) is 29.7 Å². The van der Waals surface area contributed by atoms with Gasteiger partial charge in [-0.25, -0.2) is 13.8 Å². The summed E-state index contributed by atoms with van der Waals surface area (Å²) in [7, 11) is -3.61. The number of hydrogen-bond acceptors (Lipinski definition) is 5. The Bertz CT molecular complexity index is 1010. The number of halogens is 2. The standard InChI is InChI=1S/C20H22Cl2N4O3S/c21-15-3-1-14(2-4-15)19-18(13-23-24-19)20(27)25-9-11-26(12-10-25)30(28,29)17-7-5-16(22)6-8-17/h1-8,18-19,23-24H,9-13H2. The summed E-state index contributed by atoms with van der Waals surface area (Å²) >= 11 is 11.8. The quantitative estimate of drug-likeness (QED) is 0.719. The van der Waals surface area contributed by atoms with Crippen molar-refractivity contribution in [3.63, 3.8) is 0 Å². The number of sulfonamides is 1. The van der Waals surface area contributed by atoms with Gasteiger partial charge in [-0.2, -0.15) is 4.31 Å². The molecule has 0 bridgehead atoms. The molecule has 160 valence electrons. The number of amides is 1. The molecule has 2 unspecified atom stereocenters. The summed E-state index contributed by atoms with van der Waals surface area (Å²) < 4.78 is 27.1. The summed E-state index contributed by atoms with van der Waals surface area (Å²) in [5.41, 5.74) is 7.21. The molecule has 2 aliphatic heterocycles. The molecule has 2 N–H and O–H groups in total. The lowest BCUT2D eigenvalue weighted by Gasteiger charge is -2.36. The highest BCUT2D eigenvalue weighted by atomic mass is 35.5. The van der Waals surface area contributed by atoms with Gasteiger partial charge < -0.3 is 4.90 Å². The first-order valence-corrected chi connectivity index (χ1v) is 11.8. The van der Waals surface area contributed by atoms with Crippen LogP contribution >= 0.6 is 23.2 Å². The number of carbonyl (C=O) groups excluding carboxylic acids is 1. The lowest BCUT2D eigenvalue weighted by atomic mass is 9.93. The molecule has 0 radical (unpaired) electrons. The average molecular weight is 469 g/mol. The molecule has 30 heavy (non-hydrogen) atoms. The van der Waals surface area contributed by atoms with Crippen molar-refractivity contribution in [2.45, 2.75) is 10.9 Å². The Hall–Kier alpha value is -1.68. The molecule has 0 saturated carbocycles. The molecule has 2 fully saturated rings. The van der Waals surface area contributed by atoms with Gasteiger partial charge >= 0.3 is 0 Å². The fraction of sp³-hybridized carbons (Fsp3) is 0.350. The van der Waals surface area contributed by atoms with Crippen molar-refractivity contribution in [2.24, 2.45) is 5.92 Å². The second kappa shape index (κ2) is 8.82. The van der Waals surface area contributed by atoms with Crippen LogP contribution in [-0.4, -0.2) is 56.3 Å². The fourth-order valence-electron chi connectivity index (χ4n) is 3.85. The van der Waals surface area contributed by atoms with E-state index in [1.807, 2.05) is 12.1 Å². The molecular weight excluding hydrogens is 447 g/mol. The minimum atomic E-state index is -3.61. The van der Waals surface area contributed by atoms with Gasteiger partial charge in [0.25, 0.3) is 0 Å². The molecule has 2 aliphatic rings. The number of piperazine rings is 1. The Morgan fingerprint density at radius 2 is 1.47 bits per heavy atom. The third-order valence-electron chi connectivity index (χ3n) is 5.53. The molecule has 0 aliphatic carbocycles. The zero-order valence-electron chi connectivity index (χ0n) is 16.1. The van der Waals surface area contributed by atoms with Gasteiger partial charge in [0.2, 0.25) is 15.9 Å².